The molecule has 1 heterocycles. The number of hydrogen-bond donors (Lipinski definition) is 2. The number of nitrogen functional groups attached to an aromatic ring is 1. The molecular formula is C12H15FN4. The van der Waals surface area contributed by atoms with Crippen LogP contribution in [-0.2, 0) is 7.05 Å². The van der Waals surface area contributed by atoms with Crippen LogP contribution in [-0.4, -0.2) is 9.78 Å². The van der Waals surface area contributed by atoms with Crippen molar-refractivity contribution in [3.05, 3.63) is 35.3 Å². The van der Waals surface area contributed by atoms with Crippen molar-refractivity contribution in [2.45, 2.75) is 13.8 Å². The molecule has 1 aromatic heterocycles. The minimum atomic E-state index is -0.218. The highest BCUT2D eigenvalue weighted by Gasteiger charge is 2.10. The fourth-order valence-corrected chi connectivity index (χ4v) is 1.68. The number of aromatic nitrogens is 2. The number of anilines is 3. The van der Waals surface area contributed by atoms with Crippen LogP contribution in [0.15, 0.2) is 18.2 Å². The topological polar surface area (TPSA) is 55.9 Å². The van der Waals surface area contributed by atoms with Gasteiger partial charge in [0.2, 0.25) is 0 Å². The summed E-state index contributed by atoms with van der Waals surface area (Å²) in [7, 11) is 1.81. The average Bonchev–Trinajstić information content (AvgIpc) is 2.50. The maximum Gasteiger partial charge on any atom is 0.152 e. The fraction of sp³-hybridized carbons (Fsp3) is 0.250. The molecular weight excluding hydrogens is 219 g/mol. The predicted molar refractivity (Wildman–Crippen MR) is 66.8 cm³/mol. The molecule has 0 saturated carbocycles. The first-order valence-electron chi connectivity index (χ1n) is 5.31. The van der Waals surface area contributed by atoms with Crippen molar-refractivity contribution in [2.24, 2.45) is 7.05 Å². The second-order valence-electron chi connectivity index (χ2n) is 4.06. The van der Waals surface area contributed by atoms with Gasteiger partial charge in [-0.2, -0.15) is 5.10 Å². The molecule has 0 aliphatic rings. The molecule has 0 amide bonds. The lowest BCUT2D eigenvalue weighted by molar-refractivity contribution is 0.619. The first kappa shape index (κ1) is 11.4. The highest BCUT2D eigenvalue weighted by Crippen LogP contribution is 2.25. The van der Waals surface area contributed by atoms with E-state index in [9.17, 15) is 4.39 Å². The molecule has 0 aliphatic carbocycles. The molecule has 4 nitrogen and oxygen atoms in total. The van der Waals surface area contributed by atoms with E-state index in [-0.39, 0.29) is 5.82 Å². The molecule has 0 spiro atoms. The third kappa shape index (κ3) is 2.08. The molecule has 0 fully saturated rings. The molecule has 3 N–H and O–H groups in total. The van der Waals surface area contributed by atoms with Gasteiger partial charge in [-0.15, -0.1) is 0 Å². The lowest BCUT2D eigenvalue weighted by Gasteiger charge is -2.08. The van der Waals surface area contributed by atoms with Crippen LogP contribution in [0.3, 0.4) is 0 Å². The molecule has 0 saturated heterocycles. The Kier molecular flexibility index (Phi) is 2.75. The molecule has 5 heteroatoms. The molecule has 2 rings (SSSR count). The zero-order valence-corrected chi connectivity index (χ0v) is 10.1. The summed E-state index contributed by atoms with van der Waals surface area (Å²) >= 11 is 0. The van der Waals surface area contributed by atoms with Gasteiger partial charge in [0, 0.05) is 12.7 Å². The fourth-order valence-electron chi connectivity index (χ4n) is 1.68. The normalized spacial score (nSPS) is 10.6. The number of benzene rings is 1. The molecule has 0 radical (unpaired) electrons. The minimum Gasteiger partial charge on any atom is -0.394 e. The standard InChI is InChI=1S/C12H15FN4/c1-7-6-9(4-5-10(7)13)15-12-11(14)8(2)16-17(12)3/h4-6,15H,14H2,1-3H3. The van der Waals surface area contributed by atoms with Crippen molar-refractivity contribution in [2.75, 3.05) is 11.1 Å². The Morgan fingerprint density at radius 2 is 2.06 bits per heavy atom. The van der Waals surface area contributed by atoms with Crippen LogP contribution in [0, 0.1) is 19.7 Å². The van der Waals surface area contributed by atoms with Gasteiger partial charge in [-0.3, -0.25) is 4.68 Å². The quantitative estimate of drug-likeness (QED) is 0.839. The molecule has 0 unspecified atom stereocenters. The van der Waals surface area contributed by atoms with E-state index in [4.69, 9.17) is 5.73 Å². The number of hydrogen-bond acceptors (Lipinski definition) is 3. The van der Waals surface area contributed by atoms with Gasteiger partial charge in [-0.05, 0) is 37.6 Å². The van der Waals surface area contributed by atoms with Crippen LogP contribution in [0.2, 0.25) is 0 Å². The molecule has 90 valence electrons. The number of nitrogens with two attached hydrogens (primary N) is 1. The number of aryl methyl sites for hydroxylation is 3. The van der Waals surface area contributed by atoms with E-state index >= 15 is 0 Å². The summed E-state index contributed by atoms with van der Waals surface area (Å²) in [5, 5.41) is 7.34. The van der Waals surface area contributed by atoms with Crippen LogP contribution < -0.4 is 11.1 Å². The molecule has 2 aromatic rings. The van der Waals surface area contributed by atoms with Gasteiger partial charge in [-0.1, -0.05) is 0 Å². The first-order chi connectivity index (χ1) is 7.99. The third-order valence-electron chi connectivity index (χ3n) is 2.69. The van der Waals surface area contributed by atoms with Crippen molar-refractivity contribution in [1.82, 2.24) is 9.78 Å². The van der Waals surface area contributed by atoms with Gasteiger partial charge in [0.1, 0.15) is 5.82 Å². The SMILES string of the molecule is Cc1cc(Nc2c(N)c(C)nn2C)ccc1F. The minimum absolute atomic E-state index is 0.218. The van der Waals surface area contributed by atoms with Crippen LogP contribution in [0.1, 0.15) is 11.3 Å². The van der Waals surface area contributed by atoms with Gasteiger partial charge in [0.05, 0.1) is 11.4 Å². The van der Waals surface area contributed by atoms with Crippen molar-refractivity contribution in [3.8, 4) is 0 Å². The molecule has 17 heavy (non-hydrogen) atoms. The van der Waals surface area contributed by atoms with E-state index in [1.807, 2.05) is 14.0 Å². The Hall–Kier alpha value is -2.04. The second kappa shape index (κ2) is 4.08. The van der Waals surface area contributed by atoms with E-state index in [1.54, 1.807) is 23.7 Å². The van der Waals surface area contributed by atoms with Crippen molar-refractivity contribution in [1.29, 1.82) is 0 Å². The largest absolute Gasteiger partial charge is 0.394 e. The molecule has 0 atom stereocenters. The summed E-state index contributed by atoms with van der Waals surface area (Å²) in [6.45, 7) is 3.56. The Balaban J connectivity index is 2.34. The van der Waals surface area contributed by atoms with E-state index in [0.717, 1.165) is 11.4 Å². The van der Waals surface area contributed by atoms with Gasteiger partial charge in [-0.25, -0.2) is 4.39 Å². The van der Waals surface area contributed by atoms with Crippen LogP contribution in [0.5, 0.6) is 0 Å². The third-order valence-corrected chi connectivity index (χ3v) is 2.69. The van der Waals surface area contributed by atoms with E-state index in [2.05, 4.69) is 10.4 Å². The van der Waals surface area contributed by atoms with Gasteiger partial charge in [0.15, 0.2) is 5.82 Å². The highest BCUT2D eigenvalue weighted by atomic mass is 19.1. The van der Waals surface area contributed by atoms with E-state index < -0.39 is 0 Å². The molecule has 0 bridgehead atoms. The average molecular weight is 234 g/mol. The summed E-state index contributed by atoms with van der Waals surface area (Å²) in [6.07, 6.45) is 0. The van der Waals surface area contributed by atoms with Gasteiger partial charge < -0.3 is 11.1 Å². The van der Waals surface area contributed by atoms with Crippen molar-refractivity contribution >= 4 is 17.2 Å². The Bertz CT molecular complexity index is 560. The first-order valence-corrected chi connectivity index (χ1v) is 5.31. The number of halogens is 1. The van der Waals surface area contributed by atoms with Crippen molar-refractivity contribution < 1.29 is 4.39 Å². The highest BCUT2D eigenvalue weighted by molar-refractivity contribution is 5.71. The maximum absolute atomic E-state index is 13.1. The number of rotatable bonds is 2. The Morgan fingerprint density at radius 1 is 1.35 bits per heavy atom. The van der Waals surface area contributed by atoms with E-state index in [1.165, 1.54) is 6.07 Å². The lowest BCUT2D eigenvalue weighted by atomic mass is 10.2. The number of nitrogens with one attached hydrogen (secondary N) is 1. The second-order valence-corrected chi connectivity index (χ2v) is 4.06. The number of nitrogens with zero attached hydrogens (tertiary/aromatic N) is 2. The molecule has 0 aliphatic heterocycles. The maximum atomic E-state index is 13.1. The van der Waals surface area contributed by atoms with Crippen LogP contribution in [0.25, 0.3) is 0 Å². The zero-order valence-electron chi connectivity index (χ0n) is 10.1. The Morgan fingerprint density at radius 3 is 2.59 bits per heavy atom. The van der Waals surface area contributed by atoms with Crippen LogP contribution in [0.4, 0.5) is 21.6 Å². The summed E-state index contributed by atoms with van der Waals surface area (Å²) in [5.74, 6) is 0.498. The smallest absolute Gasteiger partial charge is 0.152 e. The summed E-state index contributed by atoms with van der Waals surface area (Å²) in [6, 6.07) is 4.83. The van der Waals surface area contributed by atoms with Crippen LogP contribution >= 0.6 is 0 Å². The van der Waals surface area contributed by atoms with Gasteiger partial charge in [0.25, 0.3) is 0 Å². The monoisotopic (exact) mass is 234 g/mol. The van der Waals surface area contributed by atoms with Crippen molar-refractivity contribution in [3.63, 3.8) is 0 Å². The summed E-state index contributed by atoms with van der Waals surface area (Å²) in [4.78, 5) is 0. The lowest BCUT2D eigenvalue weighted by Crippen LogP contribution is -2.01. The predicted octanol–water partition coefficient (Wildman–Crippen LogP) is 2.50. The zero-order chi connectivity index (χ0) is 12.6. The molecule has 1 aromatic carbocycles. The summed E-state index contributed by atoms with van der Waals surface area (Å²) < 4.78 is 14.8. The van der Waals surface area contributed by atoms with Gasteiger partial charge >= 0.3 is 0 Å². The van der Waals surface area contributed by atoms with E-state index in [0.29, 0.717) is 17.1 Å². The Labute approximate surface area is 99.2 Å². The summed E-state index contributed by atoms with van der Waals surface area (Å²) in [5.41, 5.74) is 8.66.